The van der Waals surface area contributed by atoms with Gasteiger partial charge in [-0.15, -0.1) is 0 Å². The molecule has 0 spiro atoms. The lowest BCUT2D eigenvalue weighted by Crippen LogP contribution is -2.57. The molecule has 16 nitrogen and oxygen atoms in total. The highest BCUT2D eigenvalue weighted by atomic mass is 16.4. The van der Waals surface area contributed by atoms with Crippen LogP contribution in [0.2, 0.25) is 0 Å². The third-order valence-corrected chi connectivity index (χ3v) is 6.15. The molecule has 4 atom stereocenters. The summed E-state index contributed by atoms with van der Waals surface area (Å²) >= 11 is 0. The molecule has 0 radical (unpaired) electrons. The Labute approximate surface area is 243 Å². The van der Waals surface area contributed by atoms with Crippen molar-refractivity contribution in [1.82, 2.24) is 16.0 Å². The van der Waals surface area contributed by atoms with Crippen molar-refractivity contribution in [3.8, 4) is 5.75 Å². The molecule has 1 aromatic carbocycles. The van der Waals surface area contributed by atoms with Crippen molar-refractivity contribution in [2.24, 2.45) is 27.9 Å². The van der Waals surface area contributed by atoms with Gasteiger partial charge in [0.25, 0.3) is 0 Å². The predicted molar refractivity (Wildman–Crippen MR) is 153 cm³/mol. The van der Waals surface area contributed by atoms with Crippen LogP contribution in [0.3, 0.4) is 0 Å². The van der Waals surface area contributed by atoms with E-state index in [4.69, 9.17) is 28.0 Å². The molecule has 1 rings (SSSR count). The number of phenolic OH excluding ortho intramolecular Hbond substituents is 1. The van der Waals surface area contributed by atoms with E-state index >= 15 is 0 Å². The highest BCUT2D eigenvalue weighted by Crippen LogP contribution is 2.13. The summed E-state index contributed by atoms with van der Waals surface area (Å²) in [5.41, 5.74) is 22.7. The van der Waals surface area contributed by atoms with Crippen LogP contribution >= 0.6 is 0 Å². The summed E-state index contributed by atoms with van der Waals surface area (Å²) in [6.07, 6.45) is 0.955. The average molecular weight is 595 g/mol. The van der Waals surface area contributed by atoms with Gasteiger partial charge in [-0.25, -0.2) is 4.79 Å². The van der Waals surface area contributed by atoms with E-state index in [1.54, 1.807) is 0 Å². The van der Waals surface area contributed by atoms with Crippen molar-refractivity contribution in [3.05, 3.63) is 29.8 Å². The second kappa shape index (κ2) is 18.8. The SMILES string of the molecule is NCCCCC(N)C(=O)NC(CCCN=C(N)N)C(=O)NC(Cc1ccc(O)cc1)C(=O)NC(CCC(=O)O)C(=O)O. The molecular formula is C26H42N8O8. The Bertz CT molecular complexity index is 1080. The van der Waals surface area contributed by atoms with Crippen molar-refractivity contribution in [2.45, 2.75) is 75.5 Å². The van der Waals surface area contributed by atoms with Crippen LogP contribution in [0.5, 0.6) is 5.75 Å². The fourth-order valence-corrected chi connectivity index (χ4v) is 3.84. The molecule has 0 saturated heterocycles. The quantitative estimate of drug-likeness (QED) is 0.0439. The molecule has 42 heavy (non-hydrogen) atoms. The Hall–Kier alpha value is -4.44. The van der Waals surface area contributed by atoms with Crippen molar-refractivity contribution in [1.29, 1.82) is 0 Å². The van der Waals surface area contributed by atoms with Crippen LogP contribution in [0.4, 0.5) is 0 Å². The summed E-state index contributed by atoms with van der Waals surface area (Å²) in [5.74, 6) is -5.11. The summed E-state index contributed by atoms with van der Waals surface area (Å²) in [6.45, 7) is 0.597. The van der Waals surface area contributed by atoms with Gasteiger partial charge in [0, 0.05) is 19.4 Å². The number of hydrogen-bond donors (Lipinski definition) is 10. The molecule has 0 aliphatic heterocycles. The molecule has 14 N–H and O–H groups in total. The van der Waals surface area contributed by atoms with Gasteiger partial charge < -0.3 is 54.2 Å². The van der Waals surface area contributed by atoms with E-state index in [0.717, 1.165) is 0 Å². The normalized spacial score (nSPS) is 13.6. The average Bonchev–Trinajstić information content (AvgIpc) is 2.92. The summed E-state index contributed by atoms with van der Waals surface area (Å²) in [6, 6.07) is 0.843. The van der Waals surface area contributed by atoms with E-state index in [1.807, 2.05) is 0 Å². The number of unbranched alkanes of at least 4 members (excludes halogenated alkanes) is 1. The molecule has 1 aromatic rings. The Morgan fingerprint density at radius 3 is 1.95 bits per heavy atom. The van der Waals surface area contributed by atoms with Crippen molar-refractivity contribution in [3.63, 3.8) is 0 Å². The van der Waals surface area contributed by atoms with Gasteiger partial charge in [0.2, 0.25) is 17.7 Å². The number of carbonyl (C=O) groups excluding carboxylic acids is 3. The number of nitrogens with two attached hydrogens (primary N) is 4. The summed E-state index contributed by atoms with van der Waals surface area (Å²) in [7, 11) is 0. The number of amides is 3. The zero-order valence-electron chi connectivity index (χ0n) is 23.3. The number of hydrogen-bond acceptors (Lipinski definition) is 9. The van der Waals surface area contributed by atoms with E-state index in [-0.39, 0.29) is 43.9 Å². The fourth-order valence-electron chi connectivity index (χ4n) is 3.84. The molecule has 3 amide bonds. The van der Waals surface area contributed by atoms with Gasteiger partial charge in [-0.1, -0.05) is 18.6 Å². The van der Waals surface area contributed by atoms with Crippen LogP contribution in [-0.2, 0) is 30.4 Å². The number of phenols is 1. The number of nitrogens with zero attached hydrogens (tertiary/aromatic N) is 1. The number of rotatable bonds is 20. The second-order valence-electron chi connectivity index (χ2n) is 9.66. The lowest BCUT2D eigenvalue weighted by molar-refractivity contribution is -0.143. The zero-order valence-corrected chi connectivity index (χ0v) is 23.3. The molecule has 4 unspecified atom stereocenters. The number of aromatic hydroxyl groups is 1. The number of guanidine groups is 1. The van der Waals surface area contributed by atoms with E-state index in [9.17, 15) is 34.2 Å². The first-order chi connectivity index (χ1) is 19.8. The van der Waals surface area contributed by atoms with Crippen molar-refractivity contribution >= 4 is 35.6 Å². The smallest absolute Gasteiger partial charge is 0.326 e. The summed E-state index contributed by atoms with van der Waals surface area (Å²) in [5, 5.41) is 35.4. The minimum Gasteiger partial charge on any atom is -0.508 e. The summed E-state index contributed by atoms with van der Waals surface area (Å²) < 4.78 is 0. The molecule has 16 heteroatoms. The first-order valence-corrected chi connectivity index (χ1v) is 13.5. The molecule has 0 bridgehead atoms. The van der Waals surface area contributed by atoms with E-state index in [1.165, 1.54) is 24.3 Å². The Balaban J connectivity index is 3.17. The third kappa shape index (κ3) is 14.3. The highest BCUT2D eigenvalue weighted by Gasteiger charge is 2.30. The van der Waals surface area contributed by atoms with Crippen LogP contribution in [0, 0.1) is 0 Å². The number of carboxylic acid groups (broad SMARTS) is 2. The van der Waals surface area contributed by atoms with Crippen molar-refractivity contribution < 1.29 is 39.3 Å². The van der Waals surface area contributed by atoms with Crippen LogP contribution in [0.15, 0.2) is 29.3 Å². The largest absolute Gasteiger partial charge is 0.508 e. The monoisotopic (exact) mass is 594 g/mol. The number of nitrogens with one attached hydrogen (secondary N) is 3. The minimum atomic E-state index is -1.53. The first kappa shape index (κ1) is 35.6. The van der Waals surface area contributed by atoms with Crippen molar-refractivity contribution in [2.75, 3.05) is 13.1 Å². The number of aliphatic carboxylic acids is 2. The van der Waals surface area contributed by atoms with Gasteiger partial charge in [-0.2, -0.15) is 0 Å². The van der Waals surface area contributed by atoms with E-state index in [2.05, 4.69) is 20.9 Å². The molecule has 234 valence electrons. The third-order valence-electron chi connectivity index (χ3n) is 6.15. The van der Waals surface area contributed by atoms with Gasteiger partial charge in [-0.05, 0) is 56.3 Å². The predicted octanol–water partition coefficient (Wildman–Crippen LogP) is -2.15. The molecule has 0 heterocycles. The Kier molecular flexibility index (Phi) is 15.9. The maximum absolute atomic E-state index is 13.4. The van der Waals surface area contributed by atoms with Gasteiger partial charge in [0.05, 0.1) is 6.04 Å². The second-order valence-corrected chi connectivity index (χ2v) is 9.66. The molecule has 0 aliphatic rings. The van der Waals surface area contributed by atoms with Crippen LogP contribution < -0.4 is 38.9 Å². The molecule has 0 saturated carbocycles. The van der Waals surface area contributed by atoms with Gasteiger partial charge in [0.1, 0.15) is 23.9 Å². The highest BCUT2D eigenvalue weighted by molar-refractivity contribution is 5.94. The molecule has 0 aliphatic carbocycles. The number of benzene rings is 1. The number of carbonyl (C=O) groups is 5. The number of carboxylic acids is 2. The van der Waals surface area contributed by atoms with E-state index < -0.39 is 60.2 Å². The maximum Gasteiger partial charge on any atom is 0.326 e. The minimum absolute atomic E-state index is 0.0326. The maximum atomic E-state index is 13.4. The van der Waals surface area contributed by atoms with Gasteiger partial charge >= 0.3 is 11.9 Å². The lowest BCUT2D eigenvalue weighted by atomic mass is 10.0. The summed E-state index contributed by atoms with van der Waals surface area (Å²) in [4.78, 5) is 65.8. The molecule has 0 aromatic heterocycles. The Morgan fingerprint density at radius 1 is 0.786 bits per heavy atom. The Morgan fingerprint density at radius 2 is 1.38 bits per heavy atom. The van der Waals surface area contributed by atoms with E-state index in [0.29, 0.717) is 31.4 Å². The topological polar surface area (TPSA) is 299 Å². The lowest BCUT2D eigenvalue weighted by Gasteiger charge is -2.25. The molecule has 0 fully saturated rings. The standard InChI is InChI=1S/C26H42N8O8/c27-12-2-1-4-17(28)22(38)32-18(5-3-13-31-26(29)30)23(39)34-20(14-15-6-8-16(35)9-7-15)24(40)33-19(25(41)42)10-11-21(36)37/h6-9,17-20,35H,1-5,10-14,27-28H2,(H,32,38)(H,33,40)(H,34,39)(H,36,37)(H,41,42)(H4,29,30,31). The van der Waals surface area contributed by atoms with Crippen LogP contribution in [-0.4, -0.2) is 88.2 Å². The first-order valence-electron chi connectivity index (χ1n) is 13.5. The molecular weight excluding hydrogens is 552 g/mol. The fraction of sp³-hybridized carbons (Fsp3) is 0.538. The van der Waals surface area contributed by atoms with Crippen LogP contribution in [0.1, 0.15) is 50.5 Å². The van der Waals surface area contributed by atoms with Crippen LogP contribution in [0.25, 0.3) is 0 Å². The number of aliphatic imine (C=N–C) groups is 1. The zero-order chi connectivity index (χ0) is 31.7. The van der Waals surface area contributed by atoms with Gasteiger partial charge in [-0.3, -0.25) is 24.2 Å². The van der Waals surface area contributed by atoms with Gasteiger partial charge in [0.15, 0.2) is 5.96 Å².